The second-order valence-electron chi connectivity index (χ2n) is 5.09. The van der Waals surface area contributed by atoms with Crippen molar-refractivity contribution in [1.82, 2.24) is 5.32 Å². The van der Waals surface area contributed by atoms with E-state index in [1.54, 1.807) is 4.90 Å². The van der Waals surface area contributed by atoms with Gasteiger partial charge in [0.25, 0.3) is 5.91 Å². The Labute approximate surface area is 121 Å². The normalized spacial score (nSPS) is 32.3. The zero-order chi connectivity index (χ0) is 14.3. The maximum Gasteiger partial charge on any atom is 0.310 e. The number of amides is 1. The van der Waals surface area contributed by atoms with Gasteiger partial charge in [-0.05, 0) is 12.1 Å². The summed E-state index contributed by atoms with van der Waals surface area (Å²) in [5, 5.41) is 3.02. The van der Waals surface area contributed by atoms with Crippen molar-refractivity contribution in [3.63, 3.8) is 0 Å². The van der Waals surface area contributed by atoms with E-state index in [-0.39, 0.29) is 24.3 Å². The van der Waals surface area contributed by atoms with E-state index in [1.165, 1.54) is 7.11 Å². The Balaban J connectivity index is 2.01. The van der Waals surface area contributed by atoms with Crippen LogP contribution in [0.5, 0.6) is 0 Å². The van der Waals surface area contributed by atoms with Crippen molar-refractivity contribution in [2.75, 3.05) is 18.6 Å². The first-order valence-corrected chi connectivity index (χ1v) is 6.85. The predicted octanol–water partition coefficient (Wildman–Crippen LogP) is 1.12. The SMILES string of the molecule is COC(=O)[C@H]1C[C@@]2(Cl)NC[C@@H]1N(c1ccccc1)C2=O. The van der Waals surface area contributed by atoms with Crippen molar-refractivity contribution >= 4 is 29.2 Å². The van der Waals surface area contributed by atoms with Crippen LogP contribution in [0.3, 0.4) is 0 Å². The molecule has 0 spiro atoms. The third-order valence-electron chi connectivity index (χ3n) is 3.98. The first-order valence-electron chi connectivity index (χ1n) is 6.47. The molecular weight excluding hydrogens is 280 g/mol. The van der Waals surface area contributed by atoms with E-state index >= 15 is 0 Å². The number of halogens is 1. The highest BCUT2D eigenvalue weighted by Crippen LogP contribution is 2.41. The molecule has 3 aliphatic heterocycles. The molecule has 1 N–H and O–H groups in total. The summed E-state index contributed by atoms with van der Waals surface area (Å²) in [5.74, 6) is -0.937. The molecule has 3 atom stereocenters. The average molecular weight is 295 g/mol. The van der Waals surface area contributed by atoms with E-state index in [0.717, 1.165) is 5.69 Å². The number of nitrogens with zero attached hydrogens (tertiary/aromatic N) is 1. The highest BCUT2D eigenvalue weighted by atomic mass is 35.5. The minimum absolute atomic E-state index is 0.207. The van der Waals surface area contributed by atoms with E-state index in [4.69, 9.17) is 16.3 Å². The summed E-state index contributed by atoms with van der Waals surface area (Å²) in [6.45, 7) is 0.476. The molecule has 106 valence electrons. The summed E-state index contributed by atoms with van der Waals surface area (Å²) in [5.41, 5.74) is 0.752. The standard InChI is InChI=1S/C14H15ClN2O3/c1-20-12(18)10-7-14(15)13(19)17(11(10)8-16-14)9-5-3-2-4-6-9/h2-6,10-11,16H,7-8H2,1H3/t10-,11-,14+/m0/s1. The molecule has 4 rings (SSSR count). The van der Waals surface area contributed by atoms with Gasteiger partial charge in [-0.15, -0.1) is 0 Å². The van der Waals surface area contributed by atoms with Crippen LogP contribution in [0.25, 0.3) is 0 Å². The van der Waals surface area contributed by atoms with Crippen LogP contribution in [-0.4, -0.2) is 36.6 Å². The molecule has 3 aliphatic rings. The highest BCUT2D eigenvalue weighted by molar-refractivity contribution is 6.37. The third kappa shape index (κ3) is 1.89. The smallest absolute Gasteiger partial charge is 0.310 e. The number of carbonyl (C=O) groups excluding carboxylic acids is 2. The quantitative estimate of drug-likeness (QED) is 0.504. The van der Waals surface area contributed by atoms with Crippen LogP contribution in [0.15, 0.2) is 30.3 Å². The molecule has 0 unspecified atom stereocenters. The fourth-order valence-corrected chi connectivity index (χ4v) is 3.32. The molecule has 20 heavy (non-hydrogen) atoms. The topological polar surface area (TPSA) is 58.6 Å². The van der Waals surface area contributed by atoms with Gasteiger partial charge in [-0.2, -0.15) is 0 Å². The number of hydrogen-bond donors (Lipinski definition) is 1. The van der Waals surface area contributed by atoms with Crippen molar-refractivity contribution < 1.29 is 14.3 Å². The van der Waals surface area contributed by atoms with Crippen molar-refractivity contribution in [3.8, 4) is 0 Å². The van der Waals surface area contributed by atoms with Gasteiger partial charge in [0, 0.05) is 18.7 Å². The molecule has 6 heteroatoms. The number of methoxy groups -OCH3 is 1. The summed E-state index contributed by atoms with van der Waals surface area (Å²) in [6.07, 6.45) is 0.258. The van der Waals surface area contributed by atoms with Crippen LogP contribution >= 0.6 is 11.6 Å². The van der Waals surface area contributed by atoms with Crippen LogP contribution in [0.2, 0.25) is 0 Å². The summed E-state index contributed by atoms with van der Waals surface area (Å²) in [6, 6.07) is 9.00. The molecule has 1 aromatic rings. The number of ether oxygens (including phenoxy) is 1. The lowest BCUT2D eigenvalue weighted by molar-refractivity contribution is -0.150. The number of fused-ring (bicyclic) bond motifs is 3. The second kappa shape index (κ2) is 4.75. The zero-order valence-corrected chi connectivity index (χ0v) is 11.8. The monoisotopic (exact) mass is 294 g/mol. The molecule has 0 saturated carbocycles. The van der Waals surface area contributed by atoms with Gasteiger partial charge in [0.15, 0.2) is 5.00 Å². The molecule has 3 fully saturated rings. The summed E-state index contributed by atoms with van der Waals surface area (Å²) < 4.78 is 4.84. The molecule has 2 bridgehead atoms. The minimum atomic E-state index is -1.22. The van der Waals surface area contributed by atoms with Crippen LogP contribution < -0.4 is 10.2 Å². The first kappa shape index (κ1) is 13.4. The number of hydrogen-bond acceptors (Lipinski definition) is 4. The van der Waals surface area contributed by atoms with Gasteiger partial charge in [-0.25, -0.2) is 0 Å². The molecular formula is C14H15ClN2O3. The Bertz CT molecular complexity index is 551. The lowest BCUT2D eigenvalue weighted by Gasteiger charge is -2.52. The highest BCUT2D eigenvalue weighted by Gasteiger charge is 2.57. The van der Waals surface area contributed by atoms with Crippen molar-refractivity contribution in [3.05, 3.63) is 30.3 Å². The van der Waals surface area contributed by atoms with E-state index in [2.05, 4.69) is 5.32 Å². The molecule has 1 amide bonds. The van der Waals surface area contributed by atoms with E-state index < -0.39 is 10.9 Å². The number of piperidine rings is 2. The molecule has 0 aromatic heterocycles. The van der Waals surface area contributed by atoms with E-state index in [9.17, 15) is 9.59 Å². The van der Waals surface area contributed by atoms with Crippen molar-refractivity contribution in [2.45, 2.75) is 17.5 Å². The number of rotatable bonds is 2. The van der Waals surface area contributed by atoms with Gasteiger partial charge in [0.2, 0.25) is 0 Å². The van der Waals surface area contributed by atoms with Gasteiger partial charge in [0.1, 0.15) is 0 Å². The van der Waals surface area contributed by atoms with Gasteiger partial charge in [0.05, 0.1) is 19.1 Å². The maximum absolute atomic E-state index is 12.5. The third-order valence-corrected chi connectivity index (χ3v) is 4.43. The number of anilines is 1. The van der Waals surface area contributed by atoms with Crippen LogP contribution in [0, 0.1) is 5.92 Å². The van der Waals surface area contributed by atoms with Gasteiger partial charge in [-0.3, -0.25) is 14.9 Å². The Morgan fingerprint density at radius 3 is 2.80 bits per heavy atom. The molecule has 0 radical (unpaired) electrons. The van der Waals surface area contributed by atoms with Crippen molar-refractivity contribution in [2.24, 2.45) is 5.92 Å². The number of esters is 1. The number of benzene rings is 1. The Morgan fingerprint density at radius 1 is 1.45 bits per heavy atom. The molecule has 0 aliphatic carbocycles. The molecule has 3 heterocycles. The second-order valence-corrected chi connectivity index (χ2v) is 5.74. The Kier molecular flexibility index (Phi) is 3.18. The number of nitrogens with one attached hydrogen (secondary N) is 1. The largest absolute Gasteiger partial charge is 0.469 e. The Morgan fingerprint density at radius 2 is 2.15 bits per heavy atom. The van der Waals surface area contributed by atoms with Crippen molar-refractivity contribution in [1.29, 1.82) is 0 Å². The fourth-order valence-electron chi connectivity index (χ4n) is 2.98. The summed E-state index contributed by atoms with van der Waals surface area (Å²) in [7, 11) is 1.35. The maximum atomic E-state index is 12.5. The number of piperazine rings is 1. The average Bonchev–Trinajstić information content (AvgIpc) is 2.48. The number of carbonyl (C=O) groups is 2. The zero-order valence-electron chi connectivity index (χ0n) is 11.0. The predicted molar refractivity (Wildman–Crippen MR) is 74.4 cm³/mol. The van der Waals surface area contributed by atoms with Crippen LogP contribution in [0.4, 0.5) is 5.69 Å². The van der Waals surface area contributed by atoms with E-state index in [0.29, 0.717) is 6.54 Å². The lowest BCUT2D eigenvalue weighted by Crippen LogP contribution is -2.74. The molecule has 1 aromatic carbocycles. The van der Waals surface area contributed by atoms with E-state index in [1.807, 2.05) is 30.3 Å². The Hall–Kier alpha value is -1.59. The summed E-state index contributed by atoms with van der Waals surface area (Å²) >= 11 is 6.38. The van der Waals surface area contributed by atoms with Gasteiger partial charge in [-0.1, -0.05) is 29.8 Å². The van der Waals surface area contributed by atoms with Crippen LogP contribution in [0.1, 0.15) is 6.42 Å². The number of alkyl halides is 1. The lowest BCUT2D eigenvalue weighted by atomic mass is 9.81. The van der Waals surface area contributed by atoms with Gasteiger partial charge < -0.3 is 9.64 Å². The minimum Gasteiger partial charge on any atom is -0.469 e. The van der Waals surface area contributed by atoms with Crippen LogP contribution in [-0.2, 0) is 14.3 Å². The summed E-state index contributed by atoms with van der Waals surface area (Å²) in [4.78, 5) is 24.9. The molecule has 3 saturated heterocycles. The number of para-hydroxylation sites is 1. The fraction of sp³-hybridized carbons (Fsp3) is 0.429. The van der Waals surface area contributed by atoms with Gasteiger partial charge >= 0.3 is 5.97 Å². The molecule has 5 nitrogen and oxygen atoms in total. The first-order chi connectivity index (χ1) is 9.57.